The van der Waals surface area contributed by atoms with Crippen LogP contribution in [0.5, 0.6) is 0 Å². The zero-order valence-electron chi connectivity index (χ0n) is 11.6. The largest absolute Gasteiger partial charge is 0.312 e. The van der Waals surface area contributed by atoms with E-state index in [2.05, 4.69) is 24.1 Å². The van der Waals surface area contributed by atoms with Crippen LogP contribution in [0.25, 0.3) is 0 Å². The maximum atomic E-state index is 13.9. The van der Waals surface area contributed by atoms with E-state index >= 15 is 0 Å². The number of rotatable bonds is 3. The first-order chi connectivity index (χ1) is 9.08. The fourth-order valence-electron chi connectivity index (χ4n) is 2.53. The Morgan fingerprint density at radius 2 is 2.26 bits per heavy atom. The Kier molecular flexibility index (Phi) is 5.20. The van der Waals surface area contributed by atoms with Crippen molar-refractivity contribution in [3.8, 4) is 0 Å². The molecule has 0 amide bonds. The van der Waals surface area contributed by atoms with Crippen LogP contribution in [0.1, 0.15) is 25.8 Å². The summed E-state index contributed by atoms with van der Waals surface area (Å²) in [6.45, 7) is 8.09. The highest BCUT2D eigenvalue weighted by atomic mass is 35.5. The number of benzene rings is 1. The summed E-state index contributed by atoms with van der Waals surface area (Å²) in [5.74, 6) is 0.312. The van der Waals surface area contributed by atoms with Gasteiger partial charge in [-0.15, -0.1) is 0 Å². The van der Waals surface area contributed by atoms with E-state index in [0.717, 1.165) is 26.1 Å². The minimum Gasteiger partial charge on any atom is -0.312 e. The second-order valence-corrected chi connectivity index (χ2v) is 6.01. The molecule has 0 saturated carbocycles. The Balaban J connectivity index is 2.06. The van der Waals surface area contributed by atoms with Crippen LogP contribution in [0.3, 0.4) is 0 Å². The van der Waals surface area contributed by atoms with Crippen molar-refractivity contribution in [1.82, 2.24) is 10.2 Å². The van der Waals surface area contributed by atoms with Crippen molar-refractivity contribution in [3.05, 3.63) is 34.6 Å². The van der Waals surface area contributed by atoms with Gasteiger partial charge in [0.2, 0.25) is 0 Å². The van der Waals surface area contributed by atoms with Crippen molar-refractivity contribution >= 4 is 11.6 Å². The molecule has 0 bridgehead atoms. The molecule has 2 nitrogen and oxygen atoms in total. The first-order valence-electron chi connectivity index (χ1n) is 6.96. The van der Waals surface area contributed by atoms with Gasteiger partial charge in [-0.1, -0.05) is 37.6 Å². The zero-order valence-corrected chi connectivity index (χ0v) is 12.4. The molecule has 1 unspecified atom stereocenters. The molecule has 1 heterocycles. The molecule has 2 rings (SSSR count). The third-order valence-corrected chi connectivity index (χ3v) is 4.03. The number of hydrogen-bond acceptors (Lipinski definition) is 2. The standard InChI is InChI=1S/C15H22ClFN2/c1-11(2)14-10-19(8-4-7-18-14)9-12-5-3-6-13(16)15(12)17/h3,5-6,11,14,18H,4,7-10H2,1-2H3. The summed E-state index contributed by atoms with van der Waals surface area (Å²) in [7, 11) is 0. The lowest BCUT2D eigenvalue weighted by molar-refractivity contribution is 0.236. The lowest BCUT2D eigenvalue weighted by atomic mass is 10.0. The molecule has 1 N–H and O–H groups in total. The van der Waals surface area contributed by atoms with Gasteiger partial charge in [0.05, 0.1) is 5.02 Å². The van der Waals surface area contributed by atoms with Crippen LogP contribution in [-0.4, -0.2) is 30.6 Å². The van der Waals surface area contributed by atoms with Crippen LogP contribution in [0.15, 0.2) is 18.2 Å². The second kappa shape index (κ2) is 6.69. The van der Waals surface area contributed by atoms with Gasteiger partial charge >= 0.3 is 0 Å². The van der Waals surface area contributed by atoms with E-state index < -0.39 is 0 Å². The van der Waals surface area contributed by atoms with E-state index in [4.69, 9.17) is 11.6 Å². The highest BCUT2D eigenvalue weighted by Gasteiger charge is 2.21. The predicted octanol–water partition coefficient (Wildman–Crippen LogP) is 3.30. The van der Waals surface area contributed by atoms with Gasteiger partial charge in [0.15, 0.2) is 0 Å². The van der Waals surface area contributed by atoms with Gasteiger partial charge < -0.3 is 5.32 Å². The van der Waals surface area contributed by atoms with Crippen molar-refractivity contribution in [2.24, 2.45) is 5.92 Å². The summed E-state index contributed by atoms with van der Waals surface area (Å²) in [6, 6.07) is 5.71. The van der Waals surface area contributed by atoms with Gasteiger partial charge in [0, 0.05) is 24.7 Å². The number of hydrogen-bond donors (Lipinski definition) is 1. The zero-order chi connectivity index (χ0) is 13.8. The Morgan fingerprint density at radius 3 is 3.00 bits per heavy atom. The summed E-state index contributed by atoms with van der Waals surface area (Å²) in [5, 5.41) is 3.78. The van der Waals surface area contributed by atoms with E-state index in [1.165, 1.54) is 0 Å². The molecule has 1 aliphatic heterocycles. The molecule has 19 heavy (non-hydrogen) atoms. The molecule has 1 aromatic carbocycles. The summed E-state index contributed by atoms with van der Waals surface area (Å²) < 4.78 is 13.9. The first kappa shape index (κ1) is 14.8. The van der Waals surface area contributed by atoms with Gasteiger partial charge in [-0.05, 0) is 31.5 Å². The van der Waals surface area contributed by atoms with E-state index in [0.29, 0.717) is 24.1 Å². The van der Waals surface area contributed by atoms with Crippen LogP contribution < -0.4 is 5.32 Å². The van der Waals surface area contributed by atoms with E-state index in [1.807, 2.05) is 12.1 Å². The molecule has 0 aromatic heterocycles. The van der Waals surface area contributed by atoms with Gasteiger partial charge in [0.1, 0.15) is 5.82 Å². The summed E-state index contributed by atoms with van der Waals surface area (Å²) in [4.78, 5) is 2.32. The Morgan fingerprint density at radius 1 is 1.47 bits per heavy atom. The lowest BCUT2D eigenvalue weighted by Gasteiger charge is -2.27. The predicted molar refractivity (Wildman–Crippen MR) is 77.9 cm³/mol. The van der Waals surface area contributed by atoms with Crippen LogP contribution >= 0.6 is 11.6 Å². The van der Waals surface area contributed by atoms with Crippen molar-refractivity contribution in [2.75, 3.05) is 19.6 Å². The van der Waals surface area contributed by atoms with Crippen LogP contribution in [-0.2, 0) is 6.54 Å². The Bertz CT molecular complexity index is 423. The van der Waals surface area contributed by atoms with Crippen LogP contribution in [0.4, 0.5) is 4.39 Å². The fraction of sp³-hybridized carbons (Fsp3) is 0.600. The molecule has 106 valence electrons. The van der Waals surface area contributed by atoms with E-state index in [9.17, 15) is 4.39 Å². The third kappa shape index (κ3) is 3.91. The van der Waals surface area contributed by atoms with Crippen molar-refractivity contribution in [1.29, 1.82) is 0 Å². The topological polar surface area (TPSA) is 15.3 Å². The smallest absolute Gasteiger partial charge is 0.146 e. The summed E-state index contributed by atoms with van der Waals surface area (Å²) in [5.41, 5.74) is 0.692. The molecule has 0 aliphatic carbocycles. The molecular weight excluding hydrogens is 263 g/mol. The average Bonchev–Trinajstić information content (AvgIpc) is 2.61. The Labute approximate surface area is 119 Å². The van der Waals surface area contributed by atoms with Gasteiger partial charge in [-0.3, -0.25) is 4.90 Å². The monoisotopic (exact) mass is 284 g/mol. The average molecular weight is 285 g/mol. The molecule has 4 heteroatoms. The number of halogens is 2. The van der Waals surface area contributed by atoms with Crippen LogP contribution in [0.2, 0.25) is 5.02 Å². The molecule has 1 saturated heterocycles. The second-order valence-electron chi connectivity index (χ2n) is 5.61. The maximum absolute atomic E-state index is 13.9. The fourth-order valence-corrected chi connectivity index (χ4v) is 2.72. The van der Waals surface area contributed by atoms with E-state index in [1.54, 1.807) is 6.07 Å². The highest BCUT2D eigenvalue weighted by Crippen LogP contribution is 2.20. The van der Waals surface area contributed by atoms with Crippen molar-refractivity contribution in [2.45, 2.75) is 32.9 Å². The van der Waals surface area contributed by atoms with Crippen LogP contribution in [0, 0.1) is 11.7 Å². The lowest BCUT2D eigenvalue weighted by Crippen LogP contribution is -2.41. The van der Waals surface area contributed by atoms with Crippen molar-refractivity contribution < 1.29 is 4.39 Å². The number of nitrogens with zero attached hydrogens (tertiary/aromatic N) is 1. The van der Waals surface area contributed by atoms with Gasteiger partial charge in [-0.2, -0.15) is 0 Å². The van der Waals surface area contributed by atoms with Gasteiger partial charge in [0.25, 0.3) is 0 Å². The van der Waals surface area contributed by atoms with E-state index in [-0.39, 0.29) is 10.8 Å². The first-order valence-corrected chi connectivity index (χ1v) is 7.34. The molecule has 1 atom stereocenters. The highest BCUT2D eigenvalue weighted by molar-refractivity contribution is 6.30. The minimum absolute atomic E-state index is 0.214. The molecule has 1 aliphatic rings. The molecule has 0 spiro atoms. The molecule has 0 radical (unpaired) electrons. The maximum Gasteiger partial charge on any atom is 0.146 e. The Hall–Kier alpha value is -0.640. The molecule has 1 aromatic rings. The normalized spacial score (nSPS) is 21.6. The molecule has 1 fully saturated rings. The molecular formula is C15H22ClFN2. The number of nitrogens with one attached hydrogen (secondary N) is 1. The summed E-state index contributed by atoms with van der Waals surface area (Å²) in [6.07, 6.45) is 1.10. The SMILES string of the molecule is CC(C)C1CN(Cc2cccc(Cl)c2F)CCCN1. The summed E-state index contributed by atoms with van der Waals surface area (Å²) >= 11 is 5.84. The third-order valence-electron chi connectivity index (χ3n) is 3.74. The van der Waals surface area contributed by atoms with Gasteiger partial charge in [-0.25, -0.2) is 4.39 Å². The van der Waals surface area contributed by atoms with Crippen molar-refractivity contribution in [3.63, 3.8) is 0 Å². The quantitative estimate of drug-likeness (QED) is 0.916. The minimum atomic E-state index is -0.275.